The molecule has 1 N–H and O–H groups in total. The van der Waals surface area contributed by atoms with Gasteiger partial charge < -0.3 is 5.32 Å². The van der Waals surface area contributed by atoms with Crippen molar-refractivity contribution in [3.8, 4) is 0 Å². The summed E-state index contributed by atoms with van der Waals surface area (Å²) in [5, 5.41) is 3.34. The van der Waals surface area contributed by atoms with Crippen molar-refractivity contribution in [3.63, 3.8) is 0 Å². The molecule has 1 amide bonds. The summed E-state index contributed by atoms with van der Waals surface area (Å²) >= 11 is 5.94. The number of aryl methyl sites for hydroxylation is 1. The van der Waals surface area contributed by atoms with Crippen molar-refractivity contribution in [3.05, 3.63) is 82.7 Å². The third-order valence-corrected chi connectivity index (χ3v) is 4.57. The van der Waals surface area contributed by atoms with Crippen molar-refractivity contribution < 1.29 is 4.79 Å². The van der Waals surface area contributed by atoms with E-state index < -0.39 is 0 Å². The van der Waals surface area contributed by atoms with Gasteiger partial charge in [-0.3, -0.25) is 14.8 Å². The van der Waals surface area contributed by atoms with Gasteiger partial charge in [-0.25, -0.2) is 4.98 Å². The average molecular weight is 381 g/mol. The van der Waals surface area contributed by atoms with Crippen LogP contribution in [0.25, 0.3) is 0 Å². The predicted octanol–water partition coefficient (Wildman–Crippen LogP) is 4.82. The Morgan fingerprint density at radius 1 is 1.19 bits per heavy atom. The second-order valence-electron chi connectivity index (χ2n) is 6.41. The minimum atomic E-state index is -0.173. The summed E-state index contributed by atoms with van der Waals surface area (Å²) in [5.74, 6) is 0.0871. The average Bonchev–Trinajstić information content (AvgIpc) is 2.67. The largest absolute Gasteiger partial charge is 0.322 e. The first-order chi connectivity index (χ1) is 13.0. The summed E-state index contributed by atoms with van der Waals surface area (Å²) in [7, 11) is 0. The zero-order chi connectivity index (χ0) is 19.2. The van der Waals surface area contributed by atoms with E-state index >= 15 is 0 Å². The lowest BCUT2D eigenvalue weighted by Gasteiger charge is -2.16. The molecule has 0 bridgehead atoms. The van der Waals surface area contributed by atoms with Gasteiger partial charge >= 0.3 is 0 Å². The van der Waals surface area contributed by atoms with Gasteiger partial charge in [0.25, 0.3) is 5.91 Å². The molecule has 0 spiro atoms. The first-order valence-electron chi connectivity index (χ1n) is 8.85. The standard InChI is InChI=1S/C21H21ClN4O/c1-3-15(9-19-12-23-13-20(22)25-19)16-5-4-6-18(10-16)26-21(27)17-8-7-14(2)24-11-17/h4-8,10-13,15H,3,9H2,1-2H3,(H,26,27)/t15-/m1/s1. The number of benzene rings is 1. The minimum Gasteiger partial charge on any atom is -0.322 e. The molecule has 2 heterocycles. The Morgan fingerprint density at radius 2 is 2.04 bits per heavy atom. The van der Waals surface area contributed by atoms with E-state index in [-0.39, 0.29) is 11.8 Å². The topological polar surface area (TPSA) is 67.8 Å². The van der Waals surface area contributed by atoms with Crippen LogP contribution in [0.2, 0.25) is 5.15 Å². The summed E-state index contributed by atoms with van der Waals surface area (Å²) in [5.41, 5.74) is 4.16. The summed E-state index contributed by atoms with van der Waals surface area (Å²) < 4.78 is 0. The molecule has 3 rings (SSSR count). The molecule has 6 heteroatoms. The van der Waals surface area contributed by atoms with E-state index in [1.807, 2.05) is 31.2 Å². The Kier molecular flexibility index (Phi) is 6.14. The molecule has 0 aliphatic heterocycles. The Morgan fingerprint density at radius 3 is 2.74 bits per heavy atom. The van der Waals surface area contributed by atoms with E-state index in [1.165, 1.54) is 6.20 Å². The van der Waals surface area contributed by atoms with Gasteiger partial charge in [0.15, 0.2) is 0 Å². The summed E-state index contributed by atoms with van der Waals surface area (Å²) in [6.07, 6.45) is 6.53. The molecule has 0 fully saturated rings. The number of nitrogens with zero attached hydrogens (tertiary/aromatic N) is 3. The van der Waals surface area contributed by atoms with Crippen molar-refractivity contribution >= 4 is 23.2 Å². The number of nitrogens with one attached hydrogen (secondary N) is 1. The van der Waals surface area contributed by atoms with Crippen LogP contribution in [0.1, 0.15) is 46.6 Å². The van der Waals surface area contributed by atoms with E-state index in [2.05, 4.69) is 33.3 Å². The van der Waals surface area contributed by atoms with Gasteiger partial charge in [-0.2, -0.15) is 0 Å². The van der Waals surface area contributed by atoms with Crippen LogP contribution in [0.15, 0.2) is 55.0 Å². The number of anilines is 1. The lowest BCUT2D eigenvalue weighted by molar-refractivity contribution is 0.102. The number of carbonyl (C=O) groups is 1. The SMILES string of the molecule is CC[C@H](Cc1cncc(Cl)n1)c1cccc(NC(=O)c2ccc(C)nc2)c1. The highest BCUT2D eigenvalue weighted by atomic mass is 35.5. The van der Waals surface area contributed by atoms with Crippen LogP contribution in [0.5, 0.6) is 0 Å². The van der Waals surface area contributed by atoms with Crippen molar-refractivity contribution in [2.75, 3.05) is 5.32 Å². The Labute approximate surface area is 163 Å². The Balaban J connectivity index is 1.75. The highest BCUT2D eigenvalue weighted by molar-refractivity contribution is 6.29. The molecule has 2 aromatic heterocycles. The van der Waals surface area contributed by atoms with Gasteiger partial charge in [-0.1, -0.05) is 30.7 Å². The van der Waals surface area contributed by atoms with Crippen LogP contribution in [0.4, 0.5) is 5.69 Å². The van der Waals surface area contributed by atoms with Crippen LogP contribution in [0.3, 0.4) is 0 Å². The molecule has 3 aromatic rings. The van der Waals surface area contributed by atoms with Crippen molar-refractivity contribution in [1.82, 2.24) is 15.0 Å². The smallest absolute Gasteiger partial charge is 0.257 e. The maximum atomic E-state index is 12.4. The van der Waals surface area contributed by atoms with Gasteiger partial charge in [0, 0.05) is 23.8 Å². The zero-order valence-electron chi connectivity index (χ0n) is 15.3. The van der Waals surface area contributed by atoms with E-state index in [0.29, 0.717) is 10.7 Å². The first kappa shape index (κ1) is 19.0. The molecule has 0 unspecified atom stereocenters. The Hall–Kier alpha value is -2.79. The van der Waals surface area contributed by atoms with E-state index in [9.17, 15) is 4.79 Å². The van der Waals surface area contributed by atoms with Gasteiger partial charge in [-0.05, 0) is 55.5 Å². The van der Waals surface area contributed by atoms with Crippen LogP contribution >= 0.6 is 11.6 Å². The fourth-order valence-corrected chi connectivity index (χ4v) is 3.07. The molecule has 138 valence electrons. The van der Waals surface area contributed by atoms with Crippen LogP contribution in [-0.4, -0.2) is 20.9 Å². The minimum absolute atomic E-state index is 0.173. The van der Waals surface area contributed by atoms with E-state index in [1.54, 1.807) is 18.5 Å². The molecular formula is C21H21ClN4O. The first-order valence-corrected chi connectivity index (χ1v) is 9.23. The van der Waals surface area contributed by atoms with E-state index in [4.69, 9.17) is 11.6 Å². The number of aromatic nitrogens is 3. The molecule has 5 nitrogen and oxygen atoms in total. The molecule has 1 atom stereocenters. The number of halogens is 1. The highest BCUT2D eigenvalue weighted by Crippen LogP contribution is 2.26. The maximum absolute atomic E-state index is 12.4. The predicted molar refractivity (Wildman–Crippen MR) is 107 cm³/mol. The van der Waals surface area contributed by atoms with Crippen molar-refractivity contribution in [2.24, 2.45) is 0 Å². The summed E-state index contributed by atoms with van der Waals surface area (Å²) in [4.78, 5) is 25.0. The zero-order valence-corrected chi connectivity index (χ0v) is 16.1. The van der Waals surface area contributed by atoms with E-state index in [0.717, 1.165) is 35.5 Å². The van der Waals surface area contributed by atoms with Gasteiger partial charge in [-0.15, -0.1) is 0 Å². The fraction of sp³-hybridized carbons (Fsp3) is 0.238. The lowest BCUT2D eigenvalue weighted by Crippen LogP contribution is -2.13. The third-order valence-electron chi connectivity index (χ3n) is 4.39. The molecule has 0 aliphatic carbocycles. The molecular weight excluding hydrogens is 360 g/mol. The molecule has 27 heavy (non-hydrogen) atoms. The quantitative estimate of drug-likeness (QED) is 0.665. The van der Waals surface area contributed by atoms with Crippen LogP contribution in [0, 0.1) is 6.92 Å². The number of carbonyl (C=O) groups excluding carboxylic acids is 1. The molecule has 0 aliphatic rings. The molecule has 0 saturated heterocycles. The van der Waals surface area contributed by atoms with Crippen LogP contribution in [-0.2, 0) is 6.42 Å². The third kappa shape index (κ3) is 5.11. The van der Waals surface area contributed by atoms with Crippen molar-refractivity contribution in [1.29, 1.82) is 0 Å². The van der Waals surface area contributed by atoms with Gasteiger partial charge in [0.2, 0.25) is 0 Å². The number of pyridine rings is 1. The van der Waals surface area contributed by atoms with Gasteiger partial charge in [0.05, 0.1) is 17.5 Å². The normalized spacial score (nSPS) is 11.8. The second-order valence-corrected chi connectivity index (χ2v) is 6.80. The summed E-state index contributed by atoms with van der Waals surface area (Å²) in [6.45, 7) is 4.02. The molecule has 1 aromatic carbocycles. The van der Waals surface area contributed by atoms with Gasteiger partial charge in [0.1, 0.15) is 5.15 Å². The highest BCUT2D eigenvalue weighted by Gasteiger charge is 2.13. The lowest BCUT2D eigenvalue weighted by atomic mass is 9.91. The number of hydrogen-bond acceptors (Lipinski definition) is 4. The fourth-order valence-electron chi connectivity index (χ4n) is 2.90. The second kappa shape index (κ2) is 8.73. The summed E-state index contributed by atoms with van der Waals surface area (Å²) in [6, 6.07) is 11.5. The molecule has 0 saturated carbocycles. The van der Waals surface area contributed by atoms with Crippen molar-refractivity contribution in [2.45, 2.75) is 32.6 Å². The van der Waals surface area contributed by atoms with Crippen LogP contribution < -0.4 is 5.32 Å². The monoisotopic (exact) mass is 380 g/mol. The number of rotatable bonds is 6. The maximum Gasteiger partial charge on any atom is 0.257 e. The number of hydrogen-bond donors (Lipinski definition) is 1. The number of amides is 1. The Bertz CT molecular complexity index is 927. The molecule has 0 radical (unpaired) electrons.